The average molecular weight is 357 g/mol. The predicted molar refractivity (Wildman–Crippen MR) is 80.5 cm³/mol. The number of nitrogens with one attached hydrogen (secondary N) is 1. The Kier molecular flexibility index (Phi) is 4.29. The second-order valence-corrected chi connectivity index (χ2v) is 6.59. The van der Waals surface area contributed by atoms with Gasteiger partial charge >= 0.3 is 0 Å². The van der Waals surface area contributed by atoms with E-state index in [-0.39, 0.29) is 4.90 Å². The molecule has 1 heterocycles. The van der Waals surface area contributed by atoms with Gasteiger partial charge < -0.3 is 4.74 Å². The van der Waals surface area contributed by atoms with E-state index in [1.807, 2.05) is 6.92 Å². The summed E-state index contributed by atoms with van der Waals surface area (Å²) in [6.45, 7) is 1.82. The number of anilines is 1. The second-order valence-electron chi connectivity index (χ2n) is 4.13. The highest BCUT2D eigenvalue weighted by Crippen LogP contribution is 2.26. The summed E-state index contributed by atoms with van der Waals surface area (Å²) in [7, 11) is -2.29. The van der Waals surface area contributed by atoms with Crippen LogP contribution >= 0.6 is 15.9 Å². The molecule has 0 amide bonds. The number of sulfonamides is 1. The summed E-state index contributed by atoms with van der Waals surface area (Å²) in [6.07, 6.45) is 1.43. The molecule has 0 atom stereocenters. The van der Waals surface area contributed by atoms with Crippen molar-refractivity contribution in [1.29, 1.82) is 0 Å². The third kappa shape index (κ3) is 3.29. The van der Waals surface area contributed by atoms with Crippen LogP contribution in [0.4, 0.5) is 5.69 Å². The summed E-state index contributed by atoms with van der Waals surface area (Å²) in [5.41, 5.74) is 1.22. The molecular weight excluding hydrogens is 344 g/mol. The monoisotopic (exact) mass is 356 g/mol. The molecule has 0 saturated carbocycles. The van der Waals surface area contributed by atoms with Crippen molar-refractivity contribution in [1.82, 2.24) is 4.98 Å². The van der Waals surface area contributed by atoms with Crippen LogP contribution in [0.2, 0.25) is 0 Å². The molecule has 0 fully saturated rings. The van der Waals surface area contributed by atoms with Gasteiger partial charge in [0.1, 0.15) is 15.2 Å². The van der Waals surface area contributed by atoms with Crippen LogP contribution in [-0.2, 0) is 10.0 Å². The van der Waals surface area contributed by atoms with Crippen LogP contribution < -0.4 is 9.46 Å². The molecule has 1 aromatic carbocycles. The average Bonchev–Trinajstić information content (AvgIpc) is 2.41. The van der Waals surface area contributed by atoms with Crippen molar-refractivity contribution in [3.05, 3.63) is 46.7 Å². The SMILES string of the molecule is COc1ccc(C)cc1S(=O)(=O)Nc1ccc(Br)nc1. The number of benzene rings is 1. The Labute approximate surface area is 126 Å². The fourth-order valence-electron chi connectivity index (χ4n) is 1.64. The van der Waals surface area contributed by atoms with Gasteiger partial charge in [-0.15, -0.1) is 0 Å². The maximum Gasteiger partial charge on any atom is 0.265 e. The van der Waals surface area contributed by atoms with E-state index in [1.54, 1.807) is 30.3 Å². The number of rotatable bonds is 4. The number of aryl methyl sites for hydroxylation is 1. The van der Waals surface area contributed by atoms with Gasteiger partial charge in [-0.3, -0.25) is 4.72 Å². The molecule has 0 radical (unpaired) electrons. The Morgan fingerprint density at radius 3 is 2.60 bits per heavy atom. The molecular formula is C13H13BrN2O3S. The first-order valence-electron chi connectivity index (χ1n) is 5.71. The highest BCUT2D eigenvalue weighted by molar-refractivity contribution is 9.10. The molecule has 20 heavy (non-hydrogen) atoms. The lowest BCUT2D eigenvalue weighted by Gasteiger charge is -2.12. The van der Waals surface area contributed by atoms with E-state index in [0.717, 1.165) is 5.56 Å². The summed E-state index contributed by atoms with van der Waals surface area (Å²) < 4.78 is 33.0. The first kappa shape index (κ1) is 14.8. The van der Waals surface area contributed by atoms with Crippen LogP contribution in [0.1, 0.15) is 5.56 Å². The van der Waals surface area contributed by atoms with Gasteiger partial charge in [0.05, 0.1) is 19.0 Å². The topological polar surface area (TPSA) is 68.3 Å². The summed E-state index contributed by atoms with van der Waals surface area (Å²) in [6, 6.07) is 8.26. The minimum atomic E-state index is -3.72. The van der Waals surface area contributed by atoms with Crippen LogP contribution in [0.5, 0.6) is 5.75 Å². The molecule has 0 spiro atoms. The molecule has 0 unspecified atom stereocenters. The molecule has 0 bridgehead atoms. The van der Waals surface area contributed by atoms with Crippen molar-refractivity contribution in [2.75, 3.05) is 11.8 Å². The van der Waals surface area contributed by atoms with Gasteiger partial charge in [0, 0.05) is 0 Å². The molecule has 1 aromatic heterocycles. The fraction of sp³-hybridized carbons (Fsp3) is 0.154. The first-order chi connectivity index (χ1) is 9.42. The minimum Gasteiger partial charge on any atom is -0.495 e. The Balaban J connectivity index is 2.40. The van der Waals surface area contributed by atoms with Crippen LogP contribution in [0.15, 0.2) is 46.0 Å². The third-order valence-electron chi connectivity index (χ3n) is 2.59. The van der Waals surface area contributed by atoms with Crippen LogP contribution in [-0.4, -0.2) is 20.5 Å². The Hall–Kier alpha value is -1.60. The number of aromatic nitrogens is 1. The highest BCUT2D eigenvalue weighted by Gasteiger charge is 2.19. The van der Waals surface area contributed by atoms with E-state index >= 15 is 0 Å². The van der Waals surface area contributed by atoms with Gasteiger partial charge in [0.15, 0.2) is 0 Å². The smallest absolute Gasteiger partial charge is 0.265 e. The van der Waals surface area contributed by atoms with Crippen LogP contribution in [0.3, 0.4) is 0 Å². The minimum absolute atomic E-state index is 0.0999. The fourth-order valence-corrected chi connectivity index (χ4v) is 3.17. The molecule has 0 aliphatic rings. The van der Waals surface area contributed by atoms with Gasteiger partial charge in [0.2, 0.25) is 0 Å². The highest BCUT2D eigenvalue weighted by atomic mass is 79.9. The summed E-state index contributed by atoms with van der Waals surface area (Å²) >= 11 is 3.19. The number of methoxy groups -OCH3 is 1. The van der Waals surface area contributed by atoms with Gasteiger partial charge in [0.25, 0.3) is 10.0 Å². The van der Waals surface area contributed by atoms with Crippen molar-refractivity contribution in [2.45, 2.75) is 11.8 Å². The zero-order chi connectivity index (χ0) is 14.8. The number of pyridine rings is 1. The van der Waals surface area contributed by atoms with E-state index in [1.165, 1.54) is 13.3 Å². The van der Waals surface area contributed by atoms with Crippen molar-refractivity contribution in [2.24, 2.45) is 0 Å². The van der Waals surface area contributed by atoms with E-state index in [4.69, 9.17) is 4.74 Å². The largest absolute Gasteiger partial charge is 0.495 e. The molecule has 2 rings (SSSR count). The van der Waals surface area contributed by atoms with Crippen molar-refractivity contribution >= 4 is 31.6 Å². The van der Waals surface area contributed by atoms with Gasteiger partial charge in [-0.1, -0.05) is 6.07 Å². The molecule has 5 nitrogen and oxygen atoms in total. The normalized spacial score (nSPS) is 11.2. The molecule has 0 saturated heterocycles. The Morgan fingerprint density at radius 1 is 1.25 bits per heavy atom. The standard InChI is InChI=1S/C13H13BrN2O3S/c1-9-3-5-11(19-2)12(7-9)20(17,18)16-10-4-6-13(14)15-8-10/h3-8,16H,1-2H3. The number of hydrogen-bond acceptors (Lipinski definition) is 4. The molecule has 1 N–H and O–H groups in total. The number of halogens is 1. The molecule has 2 aromatic rings. The summed E-state index contributed by atoms with van der Waals surface area (Å²) in [5.74, 6) is 0.299. The van der Waals surface area contributed by atoms with E-state index < -0.39 is 10.0 Å². The lowest BCUT2D eigenvalue weighted by molar-refractivity contribution is 0.402. The van der Waals surface area contributed by atoms with Crippen molar-refractivity contribution in [3.63, 3.8) is 0 Å². The van der Waals surface area contributed by atoms with Crippen molar-refractivity contribution in [3.8, 4) is 5.75 Å². The van der Waals surface area contributed by atoms with Crippen LogP contribution in [0.25, 0.3) is 0 Å². The lowest BCUT2D eigenvalue weighted by Crippen LogP contribution is -2.14. The quantitative estimate of drug-likeness (QED) is 0.855. The van der Waals surface area contributed by atoms with Gasteiger partial charge in [-0.2, -0.15) is 0 Å². The summed E-state index contributed by atoms with van der Waals surface area (Å²) in [4.78, 5) is 4.08. The first-order valence-corrected chi connectivity index (χ1v) is 7.99. The zero-order valence-electron chi connectivity index (χ0n) is 10.9. The molecule has 0 aliphatic heterocycles. The number of ether oxygens (including phenoxy) is 1. The maximum absolute atomic E-state index is 12.4. The second kappa shape index (κ2) is 5.80. The van der Waals surface area contributed by atoms with Gasteiger partial charge in [-0.05, 0) is 52.7 Å². The maximum atomic E-state index is 12.4. The predicted octanol–water partition coefficient (Wildman–Crippen LogP) is 2.96. The molecule has 7 heteroatoms. The van der Waals surface area contributed by atoms with E-state index in [2.05, 4.69) is 25.6 Å². The Morgan fingerprint density at radius 2 is 2.00 bits per heavy atom. The Bertz CT molecular complexity index is 715. The number of hydrogen-bond donors (Lipinski definition) is 1. The number of nitrogens with zero attached hydrogens (tertiary/aromatic N) is 1. The lowest BCUT2D eigenvalue weighted by atomic mass is 10.2. The zero-order valence-corrected chi connectivity index (χ0v) is 13.3. The van der Waals surface area contributed by atoms with Crippen molar-refractivity contribution < 1.29 is 13.2 Å². The van der Waals surface area contributed by atoms with Crippen LogP contribution in [0, 0.1) is 6.92 Å². The van der Waals surface area contributed by atoms with E-state index in [9.17, 15) is 8.42 Å². The molecule has 106 valence electrons. The summed E-state index contributed by atoms with van der Waals surface area (Å²) in [5, 5.41) is 0. The van der Waals surface area contributed by atoms with Gasteiger partial charge in [-0.25, -0.2) is 13.4 Å². The molecule has 0 aliphatic carbocycles. The van der Waals surface area contributed by atoms with E-state index in [0.29, 0.717) is 16.0 Å². The third-order valence-corrected chi connectivity index (χ3v) is 4.46.